The Bertz CT molecular complexity index is 316. The summed E-state index contributed by atoms with van der Waals surface area (Å²) in [6.45, 7) is 3.81. The van der Waals surface area contributed by atoms with Gasteiger partial charge in [0, 0.05) is 18.2 Å². The van der Waals surface area contributed by atoms with Crippen molar-refractivity contribution in [1.82, 2.24) is 4.98 Å². The zero-order valence-electron chi connectivity index (χ0n) is 9.16. The molecule has 0 spiro atoms. The minimum absolute atomic E-state index is 0.0489. The molecule has 4 nitrogen and oxygen atoms in total. The van der Waals surface area contributed by atoms with Gasteiger partial charge >= 0.3 is 0 Å². The van der Waals surface area contributed by atoms with E-state index in [0.717, 1.165) is 0 Å². The van der Waals surface area contributed by atoms with Crippen molar-refractivity contribution in [2.45, 2.75) is 32.2 Å². The van der Waals surface area contributed by atoms with Crippen molar-refractivity contribution in [3.63, 3.8) is 0 Å². The number of carbonyl (C=O) groups excluding carboxylic acids is 1. The van der Waals surface area contributed by atoms with E-state index in [2.05, 4.69) is 10.3 Å². The van der Waals surface area contributed by atoms with Gasteiger partial charge in [-0.15, -0.1) is 0 Å². The lowest BCUT2D eigenvalue weighted by Crippen LogP contribution is -2.33. The Morgan fingerprint density at radius 3 is 2.80 bits per heavy atom. The molecule has 3 N–H and O–H groups in total. The Labute approximate surface area is 89.9 Å². The molecule has 1 aromatic rings. The number of hydrogen-bond acceptors (Lipinski definition) is 3. The summed E-state index contributed by atoms with van der Waals surface area (Å²) < 4.78 is 0. The highest BCUT2D eigenvalue weighted by Gasteiger charge is 2.13. The van der Waals surface area contributed by atoms with Crippen molar-refractivity contribution in [2.75, 3.05) is 5.32 Å². The Hall–Kier alpha value is -1.42. The van der Waals surface area contributed by atoms with Crippen LogP contribution in [0, 0.1) is 0 Å². The van der Waals surface area contributed by atoms with Gasteiger partial charge in [-0.1, -0.05) is 6.07 Å². The largest absolute Gasteiger partial charge is 0.326 e. The second kappa shape index (κ2) is 4.89. The molecule has 0 aromatic carbocycles. The minimum atomic E-state index is -0.304. The van der Waals surface area contributed by atoms with Gasteiger partial charge in [-0.2, -0.15) is 0 Å². The number of aromatic nitrogens is 1. The van der Waals surface area contributed by atoms with Gasteiger partial charge < -0.3 is 11.1 Å². The lowest BCUT2D eigenvalue weighted by Gasteiger charge is -2.17. The van der Waals surface area contributed by atoms with Crippen molar-refractivity contribution < 1.29 is 4.79 Å². The predicted octanol–water partition coefficient (Wildman–Crippen LogP) is 1.54. The first-order valence-electron chi connectivity index (χ1n) is 4.97. The fraction of sp³-hybridized carbons (Fsp3) is 0.455. The third-order valence-electron chi connectivity index (χ3n) is 1.93. The number of anilines is 1. The molecule has 0 atom stereocenters. The highest BCUT2D eigenvalue weighted by molar-refractivity contribution is 5.89. The third-order valence-corrected chi connectivity index (χ3v) is 1.93. The fourth-order valence-corrected chi connectivity index (χ4v) is 1.08. The van der Waals surface area contributed by atoms with Crippen molar-refractivity contribution in [1.29, 1.82) is 0 Å². The van der Waals surface area contributed by atoms with E-state index in [4.69, 9.17) is 5.73 Å². The van der Waals surface area contributed by atoms with Crippen LogP contribution in [0.2, 0.25) is 0 Å². The summed E-state index contributed by atoms with van der Waals surface area (Å²) in [4.78, 5) is 15.5. The zero-order valence-corrected chi connectivity index (χ0v) is 9.16. The van der Waals surface area contributed by atoms with Crippen LogP contribution >= 0.6 is 0 Å². The number of nitrogens with zero attached hydrogens (tertiary/aromatic N) is 1. The van der Waals surface area contributed by atoms with Crippen LogP contribution in [0.25, 0.3) is 0 Å². The smallest absolute Gasteiger partial charge is 0.225 e. The van der Waals surface area contributed by atoms with Gasteiger partial charge in [0.1, 0.15) is 5.82 Å². The monoisotopic (exact) mass is 207 g/mol. The lowest BCUT2D eigenvalue weighted by atomic mass is 10.00. The molecule has 4 heteroatoms. The summed E-state index contributed by atoms with van der Waals surface area (Å²) in [7, 11) is 0. The van der Waals surface area contributed by atoms with Crippen LogP contribution in [0.1, 0.15) is 26.7 Å². The topological polar surface area (TPSA) is 68.0 Å². The Morgan fingerprint density at radius 1 is 1.53 bits per heavy atom. The molecule has 0 saturated heterocycles. The molecule has 1 aromatic heterocycles. The van der Waals surface area contributed by atoms with E-state index in [1.165, 1.54) is 0 Å². The SMILES string of the molecule is CC(C)(N)CCC(=O)Nc1ccccn1. The molecule has 0 aliphatic carbocycles. The summed E-state index contributed by atoms with van der Waals surface area (Å²) in [6, 6.07) is 5.39. The van der Waals surface area contributed by atoms with E-state index >= 15 is 0 Å². The van der Waals surface area contributed by atoms with Gasteiger partial charge in [-0.3, -0.25) is 4.79 Å². The maximum Gasteiger partial charge on any atom is 0.225 e. The number of carbonyl (C=O) groups is 1. The van der Waals surface area contributed by atoms with Crippen LogP contribution in [0.4, 0.5) is 5.82 Å². The number of rotatable bonds is 4. The summed E-state index contributed by atoms with van der Waals surface area (Å²) in [6.07, 6.45) is 2.72. The van der Waals surface area contributed by atoms with Crippen LogP contribution in [0.5, 0.6) is 0 Å². The van der Waals surface area contributed by atoms with Gasteiger partial charge in [0.05, 0.1) is 0 Å². The van der Waals surface area contributed by atoms with Gasteiger partial charge in [0.25, 0.3) is 0 Å². The number of hydrogen-bond donors (Lipinski definition) is 2. The average molecular weight is 207 g/mol. The van der Waals surface area contributed by atoms with E-state index in [1.54, 1.807) is 18.3 Å². The summed E-state index contributed by atoms with van der Waals surface area (Å²) in [5, 5.41) is 2.71. The molecule has 15 heavy (non-hydrogen) atoms. The first-order valence-corrected chi connectivity index (χ1v) is 4.97. The summed E-state index contributed by atoms with van der Waals surface area (Å²) >= 11 is 0. The first-order chi connectivity index (χ1) is 6.97. The summed E-state index contributed by atoms with van der Waals surface area (Å²) in [5.74, 6) is 0.532. The lowest BCUT2D eigenvalue weighted by molar-refractivity contribution is -0.116. The molecule has 1 heterocycles. The fourth-order valence-electron chi connectivity index (χ4n) is 1.08. The van der Waals surface area contributed by atoms with Crippen molar-refractivity contribution in [3.05, 3.63) is 24.4 Å². The predicted molar refractivity (Wildman–Crippen MR) is 60.4 cm³/mol. The second-order valence-electron chi connectivity index (χ2n) is 4.25. The minimum Gasteiger partial charge on any atom is -0.326 e. The van der Waals surface area contributed by atoms with Gasteiger partial charge in [-0.05, 0) is 32.4 Å². The maximum absolute atomic E-state index is 11.5. The Balaban J connectivity index is 2.38. The van der Waals surface area contributed by atoms with Crippen molar-refractivity contribution in [3.8, 4) is 0 Å². The number of pyridine rings is 1. The van der Waals surface area contributed by atoms with Gasteiger partial charge in [-0.25, -0.2) is 4.98 Å². The number of amides is 1. The highest BCUT2D eigenvalue weighted by atomic mass is 16.1. The molecular weight excluding hydrogens is 190 g/mol. The van der Waals surface area contributed by atoms with E-state index in [0.29, 0.717) is 18.7 Å². The molecule has 1 rings (SSSR count). The average Bonchev–Trinajstić information content (AvgIpc) is 2.15. The van der Waals surface area contributed by atoms with Crippen molar-refractivity contribution >= 4 is 11.7 Å². The molecule has 0 aliphatic rings. The molecule has 1 amide bonds. The number of nitrogens with two attached hydrogens (primary N) is 1. The molecule has 0 unspecified atom stereocenters. The zero-order chi connectivity index (χ0) is 11.3. The molecule has 0 bridgehead atoms. The first kappa shape index (κ1) is 11.7. The molecule has 0 fully saturated rings. The number of nitrogens with one attached hydrogen (secondary N) is 1. The standard InChI is InChI=1S/C11H17N3O/c1-11(2,12)7-6-10(15)14-9-5-3-4-8-13-9/h3-5,8H,6-7,12H2,1-2H3,(H,13,14,15). The third kappa shape index (κ3) is 5.12. The van der Waals surface area contributed by atoms with Crippen LogP contribution in [0.15, 0.2) is 24.4 Å². The molecule has 82 valence electrons. The quantitative estimate of drug-likeness (QED) is 0.786. The maximum atomic E-state index is 11.5. The van der Waals surface area contributed by atoms with Gasteiger partial charge in [0.2, 0.25) is 5.91 Å². The molecule has 0 radical (unpaired) electrons. The normalized spacial score (nSPS) is 11.1. The van der Waals surface area contributed by atoms with Crippen LogP contribution in [0.3, 0.4) is 0 Å². The van der Waals surface area contributed by atoms with Gasteiger partial charge in [0.15, 0.2) is 0 Å². The van der Waals surface area contributed by atoms with E-state index in [9.17, 15) is 4.79 Å². The summed E-state index contributed by atoms with van der Waals surface area (Å²) in [5.41, 5.74) is 5.48. The van der Waals surface area contributed by atoms with Crippen molar-refractivity contribution in [2.24, 2.45) is 5.73 Å². The van der Waals surface area contributed by atoms with E-state index < -0.39 is 0 Å². The second-order valence-corrected chi connectivity index (χ2v) is 4.25. The Morgan fingerprint density at radius 2 is 2.27 bits per heavy atom. The Kier molecular flexibility index (Phi) is 3.80. The molecular formula is C11H17N3O. The van der Waals surface area contributed by atoms with Crippen LogP contribution < -0.4 is 11.1 Å². The molecule has 0 saturated carbocycles. The van der Waals surface area contributed by atoms with E-state index in [1.807, 2.05) is 19.9 Å². The van der Waals surface area contributed by atoms with Crippen LogP contribution in [-0.4, -0.2) is 16.4 Å². The van der Waals surface area contributed by atoms with E-state index in [-0.39, 0.29) is 11.4 Å². The highest BCUT2D eigenvalue weighted by Crippen LogP contribution is 2.08. The van der Waals surface area contributed by atoms with Crippen LogP contribution in [-0.2, 0) is 4.79 Å². The molecule has 0 aliphatic heterocycles.